The second-order valence-corrected chi connectivity index (χ2v) is 4.42. The highest BCUT2D eigenvalue weighted by Crippen LogP contribution is 2.26. The molecule has 0 saturated carbocycles. The first-order chi connectivity index (χ1) is 7.31. The topological polar surface area (TPSA) is 51.2 Å². The third-order valence-electron chi connectivity index (χ3n) is 2.40. The van der Waals surface area contributed by atoms with Gasteiger partial charge in [0, 0.05) is 11.3 Å². The minimum absolute atomic E-state index is 0.135. The summed E-state index contributed by atoms with van der Waals surface area (Å²) in [5, 5.41) is 2.08. The number of furan rings is 1. The number of thiophene rings is 1. The number of hydrazine groups is 1. The molecule has 0 saturated heterocycles. The number of hydrogen-bond donors (Lipinski definition) is 2. The maximum Gasteiger partial charge on any atom is 0.105 e. The van der Waals surface area contributed by atoms with Crippen LogP contribution in [0.3, 0.4) is 0 Å². The van der Waals surface area contributed by atoms with Crippen molar-refractivity contribution in [2.45, 2.75) is 19.4 Å². The van der Waals surface area contributed by atoms with Crippen LogP contribution in [0.4, 0.5) is 0 Å². The minimum atomic E-state index is 0.135. The van der Waals surface area contributed by atoms with Crippen LogP contribution in [0.15, 0.2) is 34.3 Å². The monoisotopic (exact) mass is 222 g/mol. The molecular formula is C11H14N2OS. The molecule has 0 bridgehead atoms. The Morgan fingerprint density at radius 2 is 2.40 bits per heavy atom. The lowest BCUT2D eigenvalue weighted by atomic mass is 10.1. The number of hydrogen-bond acceptors (Lipinski definition) is 4. The molecule has 3 nitrogen and oxygen atoms in total. The van der Waals surface area contributed by atoms with Gasteiger partial charge in [0.05, 0.1) is 12.3 Å². The van der Waals surface area contributed by atoms with Crippen molar-refractivity contribution in [1.82, 2.24) is 5.43 Å². The molecule has 0 fully saturated rings. The molecule has 0 aromatic carbocycles. The van der Waals surface area contributed by atoms with Crippen molar-refractivity contribution >= 4 is 11.3 Å². The fourth-order valence-electron chi connectivity index (χ4n) is 1.60. The normalized spacial score (nSPS) is 12.9. The van der Waals surface area contributed by atoms with Crippen LogP contribution in [0.1, 0.15) is 22.2 Å². The van der Waals surface area contributed by atoms with E-state index in [2.05, 4.69) is 23.8 Å². The summed E-state index contributed by atoms with van der Waals surface area (Å²) < 4.78 is 5.31. The maximum absolute atomic E-state index is 5.56. The molecule has 0 aliphatic carbocycles. The van der Waals surface area contributed by atoms with Crippen molar-refractivity contribution in [3.63, 3.8) is 0 Å². The summed E-state index contributed by atoms with van der Waals surface area (Å²) in [6.07, 6.45) is 2.47. The van der Waals surface area contributed by atoms with Crippen molar-refractivity contribution in [2.24, 2.45) is 5.84 Å². The zero-order valence-corrected chi connectivity index (χ0v) is 9.38. The average molecular weight is 222 g/mol. The van der Waals surface area contributed by atoms with Crippen LogP contribution in [-0.2, 0) is 6.42 Å². The first kappa shape index (κ1) is 10.4. The molecule has 0 aliphatic rings. The first-order valence-electron chi connectivity index (χ1n) is 4.83. The molecule has 0 aliphatic heterocycles. The maximum atomic E-state index is 5.56. The second kappa shape index (κ2) is 4.61. The van der Waals surface area contributed by atoms with E-state index < -0.39 is 0 Å². The van der Waals surface area contributed by atoms with Crippen molar-refractivity contribution in [1.29, 1.82) is 0 Å². The smallest absolute Gasteiger partial charge is 0.105 e. The SMILES string of the molecule is Cc1ccsc1C(Cc1ccco1)NN. The van der Waals surface area contributed by atoms with Gasteiger partial charge in [-0.3, -0.25) is 11.3 Å². The van der Waals surface area contributed by atoms with Gasteiger partial charge in [0.15, 0.2) is 0 Å². The summed E-state index contributed by atoms with van der Waals surface area (Å²) in [5.74, 6) is 6.51. The molecular weight excluding hydrogens is 208 g/mol. The van der Waals surface area contributed by atoms with E-state index in [1.165, 1.54) is 10.4 Å². The summed E-state index contributed by atoms with van der Waals surface area (Å²) in [4.78, 5) is 1.27. The molecule has 2 aromatic rings. The van der Waals surface area contributed by atoms with Gasteiger partial charge >= 0.3 is 0 Å². The van der Waals surface area contributed by atoms with Crippen LogP contribution in [0, 0.1) is 6.92 Å². The predicted octanol–water partition coefficient (Wildman–Crippen LogP) is 2.40. The second-order valence-electron chi connectivity index (χ2n) is 3.47. The molecule has 1 unspecified atom stereocenters. The van der Waals surface area contributed by atoms with Gasteiger partial charge in [-0.15, -0.1) is 11.3 Å². The van der Waals surface area contributed by atoms with E-state index in [4.69, 9.17) is 10.3 Å². The van der Waals surface area contributed by atoms with Gasteiger partial charge in [0.25, 0.3) is 0 Å². The predicted molar refractivity (Wildman–Crippen MR) is 61.5 cm³/mol. The van der Waals surface area contributed by atoms with Gasteiger partial charge in [-0.1, -0.05) is 0 Å². The fourth-order valence-corrected chi connectivity index (χ4v) is 2.59. The minimum Gasteiger partial charge on any atom is -0.469 e. The highest BCUT2D eigenvalue weighted by molar-refractivity contribution is 7.10. The quantitative estimate of drug-likeness (QED) is 0.617. The molecule has 1 atom stereocenters. The molecule has 15 heavy (non-hydrogen) atoms. The van der Waals surface area contributed by atoms with E-state index in [1.807, 2.05) is 12.1 Å². The van der Waals surface area contributed by atoms with Crippen LogP contribution in [-0.4, -0.2) is 0 Å². The molecule has 80 valence electrons. The van der Waals surface area contributed by atoms with E-state index in [9.17, 15) is 0 Å². The third kappa shape index (κ3) is 2.28. The van der Waals surface area contributed by atoms with Crippen LogP contribution < -0.4 is 11.3 Å². The molecule has 0 radical (unpaired) electrons. The zero-order chi connectivity index (χ0) is 10.7. The fraction of sp³-hybridized carbons (Fsp3) is 0.273. The van der Waals surface area contributed by atoms with Crippen molar-refractivity contribution < 1.29 is 4.42 Å². The molecule has 0 spiro atoms. The lowest BCUT2D eigenvalue weighted by Crippen LogP contribution is -2.29. The van der Waals surface area contributed by atoms with Crippen molar-refractivity contribution in [2.75, 3.05) is 0 Å². The Morgan fingerprint density at radius 3 is 2.93 bits per heavy atom. The average Bonchev–Trinajstić information content (AvgIpc) is 2.85. The van der Waals surface area contributed by atoms with Gasteiger partial charge in [0.1, 0.15) is 5.76 Å². The molecule has 2 rings (SSSR count). The lowest BCUT2D eigenvalue weighted by molar-refractivity contribution is 0.457. The standard InChI is InChI=1S/C11H14N2OS/c1-8-4-6-15-11(8)10(13-12)7-9-3-2-5-14-9/h2-6,10,13H,7,12H2,1H3. The number of nitrogens with two attached hydrogens (primary N) is 1. The van der Waals surface area contributed by atoms with E-state index >= 15 is 0 Å². The Balaban J connectivity index is 2.15. The zero-order valence-electron chi connectivity index (χ0n) is 8.57. The number of rotatable bonds is 4. The number of aryl methyl sites for hydroxylation is 1. The van der Waals surface area contributed by atoms with E-state index in [-0.39, 0.29) is 6.04 Å². The van der Waals surface area contributed by atoms with E-state index in [1.54, 1.807) is 17.6 Å². The third-order valence-corrected chi connectivity index (χ3v) is 3.54. The van der Waals surface area contributed by atoms with Crippen LogP contribution in [0.25, 0.3) is 0 Å². The Bertz CT molecular complexity index is 408. The van der Waals surface area contributed by atoms with Gasteiger partial charge in [-0.25, -0.2) is 0 Å². The van der Waals surface area contributed by atoms with Crippen molar-refractivity contribution in [3.05, 3.63) is 46.0 Å². The van der Waals surface area contributed by atoms with Crippen molar-refractivity contribution in [3.8, 4) is 0 Å². The number of nitrogens with one attached hydrogen (secondary N) is 1. The largest absolute Gasteiger partial charge is 0.469 e. The highest BCUT2D eigenvalue weighted by Gasteiger charge is 2.15. The van der Waals surface area contributed by atoms with Crippen LogP contribution >= 0.6 is 11.3 Å². The summed E-state index contributed by atoms with van der Waals surface area (Å²) in [6.45, 7) is 2.10. The Hall–Kier alpha value is -1.10. The highest BCUT2D eigenvalue weighted by atomic mass is 32.1. The summed E-state index contributed by atoms with van der Waals surface area (Å²) in [6, 6.07) is 6.10. The first-order valence-corrected chi connectivity index (χ1v) is 5.71. The summed E-state index contributed by atoms with van der Waals surface area (Å²) >= 11 is 1.72. The molecule has 4 heteroatoms. The molecule has 2 aromatic heterocycles. The summed E-state index contributed by atoms with van der Waals surface area (Å²) in [5.41, 5.74) is 4.11. The summed E-state index contributed by atoms with van der Waals surface area (Å²) in [7, 11) is 0. The molecule has 0 amide bonds. The Morgan fingerprint density at radius 1 is 1.53 bits per heavy atom. The van der Waals surface area contributed by atoms with Gasteiger partial charge < -0.3 is 4.42 Å². The Kier molecular flexibility index (Phi) is 3.20. The van der Waals surface area contributed by atoms with E-state index in [0.29, 0.717) is 0 Å². The van der Waals surface area contributed by atoms with Crippen LogP contribution in [0.5, 0.6) is 0 Å². The van der Waals surface area contributed by atoms with E-state index in [0.717, 1.165) is 12.2 Å². The lowest BCUT2D eigenvalue weighted by Gasteiger charge is -2.13. The molecule has 2 heterocycles. The van der Waals surface area contributed by atoms with Crippen LogP contribution in [0.2, 0.25) is 0 Å². The molecule has 3 N–H and O–H groups in total. The van der Waals surface area contributed by atoms with Gasteiger partial charge in [-0.2, -0.15) is 0 Å². The Labute approximate surface area is 92.9 Å². The van der Waals surface area contributed by atoms with Gasteiger partial charge in [-0.05, 0) is 36.1 Å². The van der Waals surface area contributed by atoms with Gasteiger partial charge in [0.2, 0.25) is 0 Å².